The summed E-state index contributed by atoms with van der Waals surface area (Å²) >= 11 is 0. The second-order valence-corrected chi connectivity index (χ2v) is 10.4. The lowest BCUT2D eigenvalue weighted by Crippen LogP contribution is -2.50. The topological polar surface area (TPSA) is 70.8 Å². The average molecular weight is 407 g/mol. The predicted octanol–water partition coefficient (Wildman–Crippen LogP) is 2.60. The highest BCUT2D eigenvalue weighted by Gasteiger charge is 2.23. The average Bonchev–Trinajstić information content (AvgIpc) is 3.00. The number of hydrogen-bond donors (Lipinski definition) is 0. The van der Waals surface area contributed by atoms with Gasteiger partial charge >= 0.3 is 0 Å². The lowest BCUT2D eigenvalue weighted by molar-refractivity contribution is -0.132. The molecule has 0 spiro atoms. The number of carbonyl (C=O) groups is 1. The number of furan rings is 1. The van der Waals surface area contributed by atoms with Gasteiger partial charge < -0.3 is 9.32 Å². The predicted molar refractivity (Wildman–Crippen MR) is 111 cm³/mol. The highest BCUT2D eigenvalue weighted by molar-refractivity contribution is 7.90. The van der Waals surface area contributed by atoms with Gasteiger partial charge in [-0.15, -0.1) is 0 Å². The number of benzene rings is 1. The molecule has 1 saturated heterocycles. The maximum Gasteiger partial charge on any atom is 0.227 e. The molecule has 1 aliphatic heterocycles. The minimum Gasteiger partial charge on any atom is -0.464 e. The molecule has 1 aliphatic rings. The number of sulfone groups is 1. The van der Waals surface area contributed by atoms with Crippen molar-refractivity contribution >= 4 is 26.7 Å². The monoisotopic (exact) mass is 406 g/mol. The number of amides is 1. The summed E-state index contributed by atoms with van der Waals surface area (Å²) in [4.78, 5) is 16.8. The number of piperazine rings is 1. The first-order chi connectivity index (χ1) is 13.1. The van der Waals surface area contributed by atoms with Crippen molar-refractivity contribution in [3.8, 4) is 0 Å². The third-order valence-corrected chi connectivity index (χ3v) is 6.43. The van der Waals surface area contributed by atoms with E-state index in [2.05, 4.69) is 37.8 Å². The maximum atomic E-state index is 12.8. The van der Waals surface area contributed by atoms with Gasteiger partial charge in [-0.05, 0) is 36.1 Å². The van der Waals surface area contributed by atoms with Gasteiger partial charge in [0.25, 0.3) is 0 Å². The number of carbonyl (C=O) groups excluding carboxylic acids is 1. The van der Waals surface area contributed by atoms with Gasteiger partial charge in [0.2, 0.25) is 5.91 Å². The van der Waals surface area contributed by atoms with Gasteiger partial charge in [-0.3, -0.25) is 9.69 Å². The Labute approximate surface area is 167 Å². The third-order valence-electron chi connectivity index (χ3n) is 5.51. The zero-order valence-electron chi connectivity index (χ0n) is 17.2. The summed E-state index contributed by atoms with van der Waals surface area (Å²) in [5.41, 5.74) is 4.25. The number of nitrogens with zero attached hydrogens (tertiary/aromatic N) is 2. The molecule has 2 heterocycles. The molecule has 0 saturated carbocycles. The molecule has 1 aromatic carbocycles. The lowest BCUT2D eigenvalue weighted by atomic mass is 9.95. The highest BCUT2D eigenvalue weighted by Crippen LogP contribution is 2.29. The Hall–Kier alpha value is -1.86. The van der Waals surface area contributed by atoms with Crippen molar-refractivity contribution in [2.24, 2.45) is 0 Å². The van der Waals surface area contributed by atoms with Gasteiger partial charge in [-0.2, -0.15) is 0 Å². The van der Waals surface area contributed by atoms with Crippen molar-refractivity contribution in [3.05, 3.63) is 35.1 Å². The zero-order valence-corrected chi connectivity index (χ0v) is 18.0. The summed E-state index contributed by atoms with van der Waals surface area (Å²) in [5.74, 6) is 0.680. The summed E-state index contributed by atoms with van der Waals surface area (Å²) in [6, 6.07) is 4.21. The molecule has 6 nitrogen and oxygen atoms in total. The molecule has 2 aromatic rings. The minimum absolute atomic E-state index is 0.0946. The SMILES string of the molecule is Cc1cc2occ(CC(=O)N3CCN(CCS(C)(=O)=O)CC3)c2cc1C(C)C. The molecular formula is C21H30N2O4S. The maximum absolute atomic E-state index is 12.8. The van der Waals surface area contributed by atoms with Crippen LogP contribution in [-0.2, 0) is 21.1 Å². The van der Waals surface area contributed by atoms with Gasteiger partial charge in [0.05, 0.1) is 18.4 Å². The fourth-order valence-corrected chi connectivity index (χ4v) is 4.38. The number of rotatable bonds is 6. The van der Waals surface area contributed by atoms with Crippen molar-refractivity contribution in [2.75, 3.05) is 44.7 Å². The number of aryl methyl sites for hydroxylation is 1. The fraction of sp³-hybridized carbons (Fsp3) is 0.571. The first-order valence-electron chi connectivity index (χ1n) is 9.82. The molecule has 0 aliphatic carbocycles. The molecule has 0 atom stereocenters. The van der Waals surface area contributed by atoms with Crippen LogP contribution in [0.15, 0.2) is 22.8 Å². The lowest BCUT2D eigenvalue weighted by Gasteiger charge is -2.34. The summed E-state index contributed by atoms with van der Waals surface area (Å²) in [7, 11) is -2.95. The standard InChI is InChI=1S/C21H30N2O4S/c1-15(2)18-13-19-17(14-27-20(19)11-16(18)3)12-21(24)23-7-5-22(6-8-23)9-10-28(4,25)26/h11,13-15H,5-10,12H2,1-4H3. The van der Waals surface area contributed by atoms with Crippen molar-refractivity contribution < 1.29 is 17.6 Å². The summed E-state index contributed by atoms with van der Waals surface area (Å²) < 4.78 is 28.3. The number of fused-ring (bicyclic) bond motifs is 1. The summed E-state index contributed by atoms with van der Waals surface area (Å²) in [6.07, 6.45) is 3.29. The Kier molecular flexibility index (Phi) is 6.15. The van der Waals surface area contributed by atoms with E-state index in [1.807, 2.05) is 4.90 Å². The molecule has 0 bridgehead atoms. The van der Waals surface area contributed by atoms with Crippen LogP contribution in [0.1, 0.15) is 36.5 Å². The molecule has 0 N–H and O–H groups in total. The van der Waals surface area contributed by atoms with E-state index in [1.54, 1.807) is 6.26 Å². The smallest absolute Gasteiger partial charge is 0.227 e. The Morgan fingerprint density at radius 2 is 1.86 bits per heavy atom. The van der Waals surface area contributed by atoms with Crippen LogP contribution in [0.4, 0.5) is 0 Å². The van der Waals surface area contributed by atoms with E-state index in [4.69, 9.17) is 4.42 Å². The fourth-order valence-electron chi connectivity index (χ4n) is 3.79. The molecule has 3 rings (SSSR count). The van der Waals surface area contributed by atoms with Gasteiger partial charge in [-0.1, -0.05) is 13.8 Å². The number of hydrogen-bond acceptors (Lipinski definition) is 5. The van der Waals surface area contributed by atoms with Gasteiger partial charge in [0, 0.05) is 49.9 Å². The van der Waals surface area contributed by atoms with E-state index in [-0.39, 0.29) is 11.7 Å². The molecule has 1 fully saturated rings. The molecule has 0 unspecified atom stereocenters. The van der Waals surface area contributed by atoms with E-state index < -0.39 is 9.84 Å². The largest absolute Gasteiger partial charge is 0.464 e. The third kappa shape index (κ3) is 4.94. The highest BCUT2D eigenvalue weighted by atomic mass is 32.2. The van der Waals surface area contributed by atoms with Crippen LogP contribution in [0.5, 0.6) is 0 Å². The van der Waals surface area contributed by atoms with Crippen LogP contribution in [0, 0.1) is 6.92 Å². The van der Waals surface area contributed by atoms with Crippen LogP contribution in [0.25, 0.3) is 11.0 Å². The second-order valence-electron chi connectivity index (χ2n) is 8.15. The van der Waals surface area contributed by atoms with Crippen LogP contribution >= 0.6 is 0 Å². The molecule has 1 amide bonds. The Balaban J connectivity index is 1.63. The van der Waals surface area contributed by atoms with Gasteiger partial charge in [0.15, 0.2) is 0 Å². The van der Waals surface area contributed by atoms with Gasteiger partial charge in [0.1, 0.15) is 15.4 Å². The molecule has 154 valence electrons. The van der Waals surface area contributed by atoms with Crippen LogP contribution < -0.4 is 0 Å². The summed E-state index contributed by atoms with van der Waals surface area (Å²) in [5, 5.41) is 1.02. The zero-order chi connectivity index (χ0) is 20.5. The minimum atomic E-state index is -2.95. The second kappa shape index (κ2) is 8.25. The quantitative estimate of drug-likeness (QED) is 0.737. The van der Waals surface area contributed by atoms with Crippen molar-refractivity contribution in [1.29, 1.82) is 0 Å². The first kappa shape index (κ1) is 20.9. The van der Waals surface area contributed by atoms with Crippen molar-refractivity contribution in [2.45, 2.75) is 33.1 Å². The normalized spacial score (nSPS) is 16.2. The van der Waals surface area contributed by atoms with Crippen molar-refractivity contribution in [3.63, 3.8) is 0 Å². The van der Waals surface area contributed by atoms with E-state index in [9.17, 15) is 13.2 Å². The molecular weight excluding hydrogens is 376 g/mol. The Morgan fingerprint density at radius 3 is 2.46 bits per heavy atom. The van der Waals surface area contributed by atoms with Gasteiger partial charge in [-0.25, -0.2) is 8.42 Å². The molecule has 28 heavy (non-hydrogen) atoms. The van der Waals surface area contributed by atoms with E-state index in [0.29, 0.717) is 45.1 Å². The van der Waals surface area contributed by atoms with Crippen LogP contribution in [-0.4, -0.2) is 68.9 Å². The Morgan fingerprint density at radius 1 is 1.18 bits per heavy atom. The molecule has 1 aromatic heterocycles. The van der Waals surface area contributed by atoms with Crippen LogP contribution in [0.3, 0.4) is 0 Å². The Bertz CT molecular complexity index is 954. The van der Waals surface area contributed by atoms with E-state index in [1.165, 1.54) is 17.4 Å². The van der Waals surface area contributed by atoms with E-state index in [0.717, 1.165) is 16.5 Å². The van der Waals surface area contributed by atoms with Crippen LogP contribution in [0.2, 0.25) is 0 Å². The van der Waals surface area contributed by atoms with E-state index >= 15 is 0 Å². The van der Waals surface area contributed by atoms with Crippen molar-refractivity contribution in [1.82, 2.24) is 9.80 Å². The first-order valence-corrected chi connectivity index (χ1v) is 11.9. The molecule has 7 heteroatoms. The summed E-state index contributed by atoms with van der Waals surface area (Å²) in [6.45, 7) is 9.65. The molecule has 0 radical (unpaired) electrons.